The van der Waals surface area contributed by atoms with Crippen molar-refractivity contribution < 1.29 is 13.9 Å². The normalized spacial score (nSPS) is 22.2. The number of hydrogen-bond donors (Lipinski definition) is 1. The zero-order valence-electron chi connectivity index (χ0n) is 14.9. The van der Waals surface area contributed by atoms with E-state index in [4.69, 9.17) is 4.74 Å². The lowest BCUT2D eigenvalue weighted by molar-refractivity contribution is 0.0415. The van der Waals surface area contributed by atoms with Gasteiger partial charge in [0.25, 0.3) is 0 Å². The molecular formula is C19H29FN2O2. The molecule has 0 aliphatic carbocycles. The van der Waals surface area contributed by atoms with Crippen molar-refractivity contribution in [2.45, 2.75) is 51.8 Å². The van der Waals surface area contributed by atoms with Crippen LogP contribution in [0.25, 0.3) is 0 Å². The average molecular weight is 336 g/mol. The molecule has 0 aromatic heterocycles. The number of nitrogens with zero attached hydrogens (tertiary/aromatic N) is 1. The lowest BCUT2D eigenvalue weighted by atomic mass is 9.89. The summed E-state index contributed by atoms with van der Waals surface area (Å²) in [5.41, 5.74) is 0.718. The Balaban J connectivity index is 1.96. The van der Waals surface area contributed by atoms with Gasteiger partial charge in [-0.2, -0.15) is 0 Å². The molecule has 1 amide bonds. The fourth-order valence-electron chi connectivity index (χ4n) is 3.16. The lowest BCUT2D eigenvalue weighted by Gasteiger charge is -2.39. The Morgan fingerprint density at radius 2 is 2.04 bits per heavy atom. The number of alkyl halides is 1. The molecule has 1 saturated heterocycles. The van der Waals surface area contributed by atoms with Gasteiger partial charge in [-0.05, 0) is 51.6 Å². The number of alkyl carbamates (subject to hydrolysis) is 1. The first-order valence-corrected chi connectivity index (χ1v) is 8.69. The smallest absolute Gasteiger partial charge is 0.407 e. The second-order valence-corrected chi connectivity index (χ2v) is 7.50. The highest BCUT2D eigenvalue weighted by molar-refractivity contribution is 5.68. The monoisotopic (exact) mass is 336 g/mol. The highest BCUT2D eigenvalue weighted by Crippen LogP contribution is 2.23. The first-order chi connectivity index (χ1) is 11.4. The van der Waals surface area contributed by atoms with Crippen molar-refractivity contribution in [3.8, 4) is 0 Å². The Labute approximate surface area is 144 Å². The molecule has 2 rings (SSSR count). The molecule has 1 aromatic rings. The second kappa shape index (κ2) is 8.47. The lowest BCUT2D eigenvalue weighted by Crippen LogP contribution is -2.53. The molecule has 0 spiro atoms. The molecule has 1 heterocycles. The van der Waals surface area contributed by atoms with Crippen molar-refractivity contribution in [1.82, 2.24) is 10.2 Å². The molecule has 1 fully saturated rings. The summed E-state index contributed by atoms with van der Waals surface area (Å²) in [4.78, 5) is 14.4. The van der Waals surface area contributed by atoms with Gasteiger partial charge in [0.05, 0.1) is 6.67 Å². The number of hydrogen-bond acceptors (Lipinski definition) is 3. The predicted molar refractivity (Wildman–Crippen MR) is 93.6 cm³/mol. The summed E-state index contributed by atoms with van der Waals surface area (Å²) in [7, 11) is 0. The van der Waals surface area contributed by atoms with Gasteiger partial charge < -0.3 is 10.1 Å². The van der Waals surface area contributed by atoms with E-state index in [0.29, 0.717) is 6.42 Å². The minimum atomic E-state index is -0.530. The molecule has 0 bridgehead atoms. The molecule has 1 aliphatic heterocycles. The van der Waals surface area contributed by atoms with E-state index < -0.39 is 11.7 Å². The topological polar surface area (TPSA) is 41.6 Å². The zero-order chi connectivity index (χ0) is 17.6. The number of carbonyl (C=O) groups excluding carboxylic acids is 1. The summed E-state index contributed by atoms with van der Waals surface area (Å²) in [6.45, 7) is 7.66. The van der Waals surface area contributed by atoms with E-state index in [-0.39, 0.29) is 18.6 Å². The van der Waals surface area contributed by atoms with E-state index in [1.54, 1.807) is 0 Å². The van der Waals surface area contributed by atoms with Gasteiger partial charge in [0.15, 0.2) is 0 Å². The van der Waals surface area contributed by atoms with Crippen molar-refractivity contribution in [2.75, 3.05) is 19.8 Å². The Kier molecular flexibility index (Phi) is 6.60. The van der Waals surface area contributed by atoms with Crippen LogP contribution in [0.15, 0.2) is 30.3 Å². The van der Waals surface area contributed by atoms with Gasteiger partial charge in [-0.15, -0.1) is 0 Å². The van der Waals surface area contributed by atoms with Crippen LogP contribution in [0.4, 0.5) is 9.18 Å². The van der Waals surface area contributed by atoms with Gasteiger partial charge in [0.2, 0.25) is 0 Å². The van der Waals surface area contributed by atoms with Crippen LogP contribution < -0.4 is 5.32 Å². The van der Waals surface area contributed by atoms with Crippen molar-refractivity contribution in [1.29, 1.82) is 0 Å². The number of piperidine rings is 1. The first-order valence-electron chi connectivity index (χ1n) is 8.69. The van der Waals surface area contributed by atoms with Crippen molar-refractivity contribution in [3.63, 3.8) is 0 Å². The van der Waals surface area contributed by atoms with E-state index >= 15 is 0 Å². The second-order valence-electron chi connectivity index (χ2n) is 7.50. The highest BCUT2D eigenvalue weighted by Gasteiger charge is 2.31. The van der Waals surface area contributed by atoms with E-state index in [9.17, 15) is 9.18 Å². The third kappa shape index (κ3) is 6.11. The van der Waals surface area contributed by atoms with Crippen molar-refractivity contribution in [2.24, 2.45) is 5.92 Å². The van der Waals surface area contributed by atoms with E-state index in [1.807, 2.05) is 39.0 Å². The zero-order valence-corrected chi connectivity index (χ0v) is 14.9. The van der Waals surface area contributed by atoms with Gasteiger partial charge in [-0.1, -0.05) is 30.3 Å². The van der Waals surface area contributed by atoms with Crippen LogP contribution in [0.5, 0.6) is 0 Å². The maximum absolute atomic E-state index is 12.8. The van der Waals surface area contributed by atoms with E-state index in [0.717, 1.165) is 26.1 Å². The summed E-state index contributed by atoms with van der Waals surface area (Å²) < 4.78 is 18.2. The fraction of sp³-hybridized carbons (Fsp3) is 0.632. The molecule has 1 N–H and O–H groups in total. The predicted octanol–water partition coefficient (Wildman–Crippen LogP) is 3.76. The summed E-state index contributed by atoms with van der Waals surface area (Å²) in [6, 6.07) is 10.2. The summed E-state index contributed by atoms with van der Waals surface area (Å²) in [6.07, 6.45) is 0.953. The van der Waals surface area contributed by atoms with Crippen LogP contribution in [-0.2, 0) is 11.3 Å². The standard InChI is InChI=1S/C19H29FN2O2/c1-19(2,3)24-18(23)21-17-14-22(12-10-16(17)9-11-20)13-15-7-5-4-6-8-15/h4-8,16-17H,9-14H2,1-3H3,(H,21,23). The minimum Gasteiger partial charge on any atom is -0.444 e. The fourth-order valence-corrected chi connectivity index (χ4v) is 3.16. The first kappa shape index (κ1) is 18.7. The minimum absolute atomic E-state index is 0.0759. The third-order valence-corrected chi connectivity index (χ3v) is 4.27. The Bertz CT molecular complexity index is 516. The largest absolute Gasteiger partial charge is 0.444 e. The highest BCUT2D eigenvalue weighted by atomic mass is 19.1. The van der Waals surface area contributed by atoms with Crippen LogP contribution in [0, 0.1) is 5.92 Å². The average Bonchev–Trinajstić information content (AvgIpc) is 2.49. The Morgan fingerprint density at radius 3 is 2.67 bits per heavy atom. The maximum Gasteiger partial charge on any atom is 0.407 e. The number of rotatable bonds is 5. The number of amides is 1. The van der Waals surface area contributed by atoms with E-state index in [2.05, 4.69) is 22.3 Å². The number of ether oxygens (including phenoxy) is 1. The van der Waals surface area contributed by atoms with Gasteiger partial charge in [0.1, 0.15) is 5.60 Å². The molecule has 5 heteroatoms. The molecule has 24 heavy (non-hydrogen) atoms. The third-order valence-electron chi connectivity index (χ3n) is 4.27. The number of benzene rings is 1. The summed E-state index contributed by atoms with van der Waals surface area (Å²) >= 11 is 0. The molecule has 4 nitrogen and oxygen atoms in total. The van der Waals surface area contributed by atoms with Crippen LogP contribution in [0.3, 0.4) is 0 Å². The number of halogens is 1. The van der Waals surface area contributed by atoms with Crippen LogP contribution in [-0.4, -0.2) is 42.4 Å². The number of nitrogens with one attached hydrogen (secondary N) is 1. The molecule has 2 unspecified atom stereocenters. The van der Waals surface area contributed by atoms with Crippen LogP contribution in [0.2, 0.25) is 0 Å². The maximum atomic E-state index is 12.8. The molecule has 134 valence electrons. The summed E-state index contributed by atoms with van der Waals surface area (Å²) in [5.74, 6) is 0.162. The van der Waals surface area contributed by atoms with Gasteiger partial charge in [0, 0.05) is 19.1 Å². The van der Waals surface area contributed by atoms with Crippen LogP contribution in [0.1, 0.15) is 39.2 Å². The Morgan fingerprint density at radius 1 is 1.33 bits per heavy atom. The van der Waals surface area contributed by atoms with Crippen molar-refractivity contribution >= 4 is 6.09 Å². The van der Waals surface area contributed by atoms with Crippen molar-refractivity contribution in [3.05, 3.63) is 35.9 Å². The number of carbonyl (C=O) groups is 1. The molecule has 1 aromatic carbocycles. The number of likely N-dealkylation sites (tertiary alicyclic amines) is 1. The molecule has 0 radical (unpaired) electrons. The van der Waals surface area contributed by atoms with E-state index in [1.165, 1.54) is 5.56 Å². The molecule has 2 atom stereocenters. The van der Waals surface area contributed by atoms with Crippen LogP contribution >= 0.6 is 0 Å². The summed E-state index contributed by atoms with van der Waals surface area (Å²) in [5, 5.41) is 2.96. The molecule has 0 saturated carbocycles. The quantitative estimate of drug-likeness (QED) is 0.890. The SMILES string of the molecule is CC(C)(C)OC(=O)NC1CN(Cc2ccccc2)CCC1CCF. The molecular weight excluding hydrogens is 307 g/mol. The van der Waals surface area contributed by atoms with Gasteiger partial charge in [-0.3, -0.25) is 9.29 Å². The Hall–Kier alpha value is -1.62. The molecule has 1 aliphatic rings. The van der Waals surface area contributed by atoms with Gasteiger partial charge >= 0.3 is 6.09 Å². The van der Waals surface area contributed by atoms with Gasteiger partial charge in [-0.25, -0.2) is 4.79 Å².